The smallest absolute Gasteiger partial charge is 0.124 e. The molecule has 0 aliphatic carbocycles. The van der Waals surface area contributed by atoms with Gasteiger partial charge in [-0.1, -0.05) is 82.6 Å². The van der Waals surface area contributed by atoms with Crippen molar-refractivity contribution in [2.45, 2.75) is 45.9 Å². The predicted molar refractivity (Wildman–Crippen MR) is 201 cm³/mol. The van der Waals surface area contributed by atoms with E-state index in [-0.39, 0.29) is 0 Å². The lowest BCUT2D eigenvalue weighted by molar-refractivity contribution is 0.118. The number of phenolic OH excluding ortho intramolecular Hbond substituents is 1. The highest BCUT2D eigenvalue weighted by molar-refractivity contribution is 7.80. The molecule has 0 atom stereocenters. The maximum atomic E-state index is 11.8. The van der Waals surface area contributed by atoms with Crippen molar-refractivity contribution >= 4 is 32.9 Å². The van der Waals surface area contributed by atoms with E-state index in [0.29, 0.717) is 5.75 Å². The summed E-state index contributed by atoms with van der Waals surface area (Å²) in [5, 5.41) is 11.8. The molecule has 1 N–H and O–H groups in total. The molecule has 0 unspecified atom stereocenters. The van der Waals surface area contributed by atoms with Gasteiger partial charge in [0.05, 0.1) is 19.1 Å². The molecule has 256 valence electrons. The number of nitrogens with zero attached hydrogens (tertiary/aromatic N) is 4. The third-order valence-electron chi connectivity index (χ3n) is 9.64. The molecule has 48 heavy (non-hydrogen) atoms. The van der Waals surface area contributed by atoms with Crippen molar-refractivity contribution in [2.75, 3.05) is 66.6 Å². The summed E-state index contributed by atoms with van der Waals surface area (Å²) in [5.74, 6) is 2.35. The van der Waals surface area contributed by atoms with Gasteiger partial charge in [-0.15, -0.1) is 0 Å². The molecule has 0 spiro atoms. The Balaban J connectivity index is 1.16. The molecule has 2 fully saturated rings. The van der Waals surface area contributed by atoms with Gasteiger partial charge in [-0.3, -0.25) is 19.6 Å². The van der Waals surface area contributed by atoms with Crippen LogP contribution >= 0.6 is 32.9 Å². The number of hydrogen-bond acceptors (Lipinski definition) is 10. The molecular weight excluding hydrogens is 657 g/mol. The van der Waals surface area contributed by atoms with Crippen LogP contribution in [0, 0.1) is 3.82 Å². The minimum Gasteiger partial charge on any atom is -0.507 e. The molecule has 3 aromatic carbocycles. The fourth-order valence-electron chi connectivity index (χ4n) is 6.93. The van der Waals surface area contributed by atoms with Gasteiger partial charge in [0.25, 0.3) is 0 Å². The third kappa shape index (κ3) is 8.48. The Bertz CT molecular complexity index is 1610. The van der Waals surface area contributed by atoms with E-state index in [0.717, 1.165) is 118 Å². The number of phenols is 1. The van der Waals surface area contributed by atoms with Gasteiger partial charge in [-0.2, -0.15) is 0 Å². The van der Waals surface area contributed by atoms with Crippen LogP contribution in [-0.4, -0.2) is 91.3 Å². The molecule has 1 aromatic heterocycles. The van der Waals surface area contributed by atoms with Crippen LogP contribution in [0.2, 0.25) is 0 Å². The van der Waals surface area contributed by atoms with Crippen LogP contribution < -0.4 is 9.47 Å². The summed E-state index contributed by atoms with van der Waals surface area (Å²) in [7, 11) is 6.98. The highest BCUT2D eigenvalue weighted by Crippen LogP contribution is 2.39. The summed E-state index contributed by atoms with van der Waals surface area (Å²) in [6.07, 6.45) is 2.05. The standard InChI is InChI=1S/C38H48N4O3S3/c1-4-9-33-37(47-48-38(33)46)30-22-31(26-41-18-14-39(15-19-41)24-28-10-5-7-12-34(28)44-2)36(43)32(23-30)27-42-20-16-40(17-21-42)25-29-11-6-8-13-35(29)45-3/h5-8,10-13,22-23,43H,4,9,14-21,24-27H2,1-3H3. The Labute approximate surface area is 298 Å². The fraction of sp³-hybridized carbons (Fsp3) is 0.447. The summed E-state index contributed by atoms with van der Waals surface area (Å²) in [6.45, 7) is 13.2. The maximum absolute atomic E-state index is 11.8. The number of benzene rings is 3. The number of piperazine rings is 2. The normalized spacial score (nSPS) is 16.7. The van der Waals surface area contributed by atoms with Crippen molar-refractivity contribution in [2.24, 2.45) is 0 Å². The summed E-state index contributed by atoms with van der Waals surface area (Å²) >= 11 is 5.78. The van der Waals surface area contributed by atoms with Gasteiger partial charge in [0.1, 0.15) is 21.1 Å². The summed E-state index contributed by atoms with van der Waals surface area (Å²) in [5.41, 5.74) is 6.97. The van der Waals surface area contributed by atoms with Crippen molar-refractivity contribution in [3.05, 3.63) is 92.3 Å². The minimum absolute atomic E-state index is 0.447. The van der Waals surface area contributed by atoms with Gasteiger partial charge in [-0.05, 0) is 41.8 Å². The largest absolute Gasteiger partial charge is 0.507 e. The highest BCUT2D eigenvalue weighted by atomic mass is 32.9. The van der Waals surface area contributed by atoms with Crippen LogP contribution in [0.1, 0.15) is 41.2 Å². The van der Waals surface area contributed by atoms with Crippen LogP contribution in [0.25, 0.3) is 10.4 Å². The van der Waals surface area contributed by atoms with Gasteiger partial charge < -0.3 is 14.6 Å². The Morgan fingerprint density at radius 2 is 1.06 bits per heavy atom. The summed E-state index contributed by atoms with van der Waals surface area (Å²) in [4.78, 5) is 11.2. The molecule has 2 aliphatic rings. The molecular formula is C38H48N4O3S3. The van der Waals surface area contributed by atoms with E-state index >= 15 is 0 Å². The zero-order valence-electron chi connectivity index (χ0n) is 28.5. The number of hydrogen-bond donors (Lipinski definition) is 1. The van der Waals surface area contributed by atoms with E-state index < -0.39 is 0 Å². The Morgan fingerprint density at radius 1 is 0.646 bits per heavy atom. The van der Waals surface area contributed by atoms with E-state index in [1.54, 1.807) is 34.9 Å². The fourth-order valence-corrected chi connectivity index (χ4v) is 9.93. The quantitative estimate of drug-likeness (QED) is 0.113. The molecule has 0 radical (unpaired) electrons. The molecule has 10 heteroatoms. The van der Waals surface area contributed by atoms with Crippen molar-refractivity contribution in [1.29, 1.82) is 0 Å². The number of rotatable bonds is 13. The first-order valence-electron chi connectivity index (χ1n) is 17.1. The Morgan fingerprint density at radius 3 is 1.48 bits per heavy atom. The van der Waals surface area contributed by atoms with Gasteiger partial charge in [-0.25, -0.2) is 0 Å². The van der Waals surface area contributed by atoms with E-state index in [1.807, 2.05) is 24.3 Å². The second kappa shape index (κ2) is 16.7. The van der Waals surface area contributed by atoms with Crippen LogP contribution in [0.4, 0.5) is 0 Å². The van der Waals surface area contributed by atoms with Crippen molar-refractivity contribution < 1.29 is 14.6 Å². The first-order valence-corrected chi connectivity index (χ1v) is 19.6. The molecule has 7 nitrogen and oxygen atoms in total. The Kier molecular flexibility index (Phi) is 12.2. The van der Waals surface area contributed by atoms with Crippen LogP contribution in [-0.2, 0) is 32.6 Å². The molecule has 0 bridgehead atoms. The van der Waals surface area contributed by atoms with Crippen molar-refractivity contribution in [3.63, 3.8) is 0 Å². The lowest BCUT2D eigenvalue weighted by Crippen LogP contribution is -2.45. The zero-order valence-corrected chi connectivity index (χ0v) is 30.9. The second-order valence-corrected chi connectivity index (χ2v) is 15.7. The molecule has 6 rings (SSSR count). The topological polar surface area (TPSA) is 51.7 Å². The van der Waals surface area contributed by atoms with Gasteiger partial charge in [0.15, 0.2) is 0 Å². The van der Waals surface area contributed by atoms with E-state index in [4.69, 9.17) is 21.7 Å². The SMILES string of the molecule is CCCc1c(-c2cc(CN3CCN(Cc4ccccc4OC)CC3)c(O)c(CN3CCN(Cc4ccccc4OC)CC3)c2)ssc1=S. The van der Waals surface area contributed by atoms with Gasteiger partial charge in [0.2, 0.25) is 0 Å². The lowest BCUT2D eigenvalue weighted by atomic mass is 9.99. The number of para-hydroxylation sites is 2. The van der Waals surface area contributed by atoms with Crippen LogP contribution in [0.15, 0.2) is 60.7 Å². The van der Waals surface area contributed by atoms with Crippen molar-refractivity contribution in [1.82, 2.24) is 19.6 Å². The predicted octanol–water partition coefficient (Wildman–Crippen LogP) is 7.52. The second-order valence-electron chi connectivity index (χ2n) is 12.9. The number of ether oxygens (including phenoxy) is 2. The zero-order chi connectivity index (χ0) is 33.5. The van der Waals surface area contributed by atoms with E-state index in [2.05, 4.69) is 62.9 Å². The molecule has 0 saturated carbocycles. The van der Waals surface area contributed by atoms with Gasteiger partial charge in [0, 0.05) is 101 Å². The number of methoxy groups -OCH3 is 2. The average molecular weight is 705 g/mol. The van der Waals surface area contributed by atoms with E-state index in [1.165, 1.54) is 27.1 Å². The monoisotopic (exact) mass is 704 g/mol. The lowest BCUT2D eigenvalue weighted by Gasteiger charge is -2.36. The molecule has 4 aromatic rings. The third-order valence-corrected chi connectivity index (χ3v) is 12.8. The first-order chi connectivity index (χ1) is 23.4. The van der Waals surface area contributed by atoms with Crippen LogP contribution in [0.5, 0.6) is 17.2 Å². The maximum Gasteiger partial charge on any atom is 0.124 e. The Hall–Kier alpha value is -2.83. The summed E-state index contributed by atoms with van der Waals surface area (Å²) in [6, 6.07) is 21.1. The summed E-state index contributed by atoms with van der Waals surface area (Å²) < 4.78 is 12.2. The highest BCUT2D eigenvalue weighted by Gasteiger charge is 2.24. The van der Waals surface area contributed by atoms with Gasteiger partial charge >= 0.3 is 0 Å². The molecule has 0 amide bonds. The minimum atomic E-state index is 0.447. The molecule has 2 aliphatic heterocycles. The van der Waals surface area contributed by atoms with Crippen molar-refractivity contribution in [3.8, 4) is 27.7 Å². The first kappa shape index (κ1) is 35.0. The average Bonchev–Trinajstić information content (AvgIpc) is 3.48. The number of aromatic hydroxyl groups is 1. The molecule has 2 saturated heterocycles. The van der Waals surface area contributed by atoms with E-state index in [9.17, 15) is 5.11 Å². The molecule has 3 heterocycles. The van der Waals surface area contributed by atoms with Crippen LogP contribution in [0.3, 0.4) is 0 Å².